The van der Waals surface area contributed by atoms with E-state index in [4.69, 9.17) is 5.73 Å². The largest absolute Gasteiger partial charge is 0.325 e. The number of aryl methyl sites for hydroxylation is 2. The van der Waals surface area contributed by atoms with Crippen molar-refractivity contribution in [2.45, 2.75) is 13.8 Å². The van der Waals surface area contributed by atoms with E-state index < -0.39 is 0 Å². The number of halogens is 2. The van der Waals surface area contributed by atoms with Crippen molar-refractivity contribution in [1.82, 2.24) is 0 Å². The van der Waals surface area contributed by atoms with E-state index in [1.165, 1.54) is 0 Å². The average molecular weight is 294 g/mol. The van der Waals surface area contributed by atoms with E-state index in [0.717, 1.165) is 21.3 Å². The summed E-state index contributed by atoms with van der Waals surface area (Å²) in [7, 11) is 0. The van der Waals surface area contributed by atoms with Gasteiger partial charge in [0.2, 0.25) is 5.91 Å². The van der Waals surface area contributed by atoms with E-state index in [-0.39, 0.29) is 24.9 Å². The van der Waals surface area contributed by atoms with Crippen molar-refractivity contribution in [2.24, 2.45) is 5.73 Å². The normalized spacial score (nSPS) is 9.33. The highest BCUT2D eigenvalue weighted by Crippen LogP contribution is 2.24. The maximum Gasteiger partial charge on any atom is 0.238 e. The summed E-state index contributed by atoms with van der Waals surface area (Å²) in [6, 6.07) is 3.81. The summed E-state index contributed by atoms with van der Waals surface area (Å²) in [5.41, 5.74) is 8.18. The second kappa shape index (κ2) is 6.10. The summed E-state index contributed by atoms with van der Waals surface area (Å²) in [6.07, 6.45) is 0. The number of benzene rings is 1. The van der Waals surface area contributed by atoms with E-state index in [2.05, 4.69) is 21.2 Å². The van der Waals surface area contributed by atoms with Crippen molar-refractivity contribution in [3.63, 3.8) is 0 Å². The molecule has 1 rings (SSSR count). The fourth-order valence-corrected chi connectivity index (χ4v) is 1.46. The van der Waals surface area contributed by atoms with Crippen LogP contribution in [-0.2, 0) is 4.79 Å². The average Bonchev–Trinajstić information content (AvgIpc) is 2.14. The quantitative estimate of drug-likeness (QED) is 0.879. The van der Waals surface area contributed by atoms with Crippen molar-refractivity contribution < 1.29 is 4.79 Å². The van der Waals surface area contributed by atoms with E-state index in [0.29, 0.717) is 0 Å². The SMILES string of the molecule is Cc1cc(NC(=O)CN)cc(C)c1Br.Cl. The van der Waals surface area contributed by atoms with Crippen LogP contribution in [0.1, 0.15) is 11.1 Å². The Bertz CT molecular complexity index is 345. The second-order valence-corrected chi connectivity index (χ2v) is 3.97. The van der Waals surface area contributed by atoms with Crippen LogP contribution >= 0.6 is 28.3 Å². The van der Waals surface area contributed by atoms with Gasteiger partial charge >= 0.3 is 0 Å². The smallest absolute Gasteiger partial charge is 0.238 e. The van der Waals surface area contributed by atoms with Gasteiger partial charge < -0.3 is 11.1 Å². The highest BCUT2D eigenvalue weighted by atomic mass is 79.9. The monoisotopic (exact) mass is 292 g/mol. The summed E-state index contributed by atoms with van der Waals surface area (Å²) >= 11 is 3.46. The summed E-state index contributed by atoms with van der Waals surface area (Å²) in [5.74, 6) is -0.175. The summed E-state index contributed by atoms with van der Waals surface area (Å²) in [6.45, 7) is 3.97. The number of rotatable bonds is 2. The first kappa shape index (κ1) is 14.4. The summed E-state index contributed by atoms with van der Waals surface area (Å²) < 4.78 is 1.07. The summed E-state index contributed by atoms with van der Waals surface area (Å²) in [5, 5.41) is 2.72. The number of hydrogen-bond acceptors (Lipinski definition) is 2. The predicted octanol–water partition coefficient (Wildman–Crippen LogP) is 2.38. The third kappa shape index (κ3) is 3.81. The minimum absolute atomic E-state index is 0. The van der Waals surface area contributed by atoms with Gasteiger partial charge in [0.15, 0.2) is 0 Å². The third-order valence-electron chi connectivity index (χ3n) is 1.91. The Morgan fingerprint density at radius 1 is 1.40 bits per heavy atom. The van der Waals surface area contributed by atoms with Gasteiger partial charge in [-0.3, -0.25) is 4.79 Å². The van der Waals surface area contributed by atoms with Crippen LogP contribution in [0.3, 0.4) is 0 Å². The maximum absolute atomic E-state index is 11.0. The zero-order chi connectivity index (χ0) is 10.7. The maximum atomic E-state index is 11.0. The molecule has 3 N–H and O–H groups in total. The molecule has 5 heteroatoms. The van der Waals surface area contributed by atoms with Gasteiger partial charge in [-0.1, -0.05) is 15.9 Å². The van der Waals surface area contributed by atoms with Crippen molar-refractivity contribution in [3.8, 4) is 0 Å². The van der Waals surface area contributed by atoms with Crippen LogP contribution < -0.4 is 11.1 Å². The first-order valence-corrected chi connectivity index (χ1v) is 5.10. The number of carbonyl (C=O) groups excluding carboxylic acids is 1. The molecule has 0 fully saturated rings. The molecule has 0 aliphatic heterocycles. The van der Waals surface area contributed by atoms with Gasteiger partial charge in [-0.25, -0.2) is 0 Å². The molecule has 0 bridgehead atoms. The topological polar surface area (TPSA) is 55.1 Å². The van der Waals surface area contributed by atoms with E-state index >= 15 is 0 Å². The molecule has 15 heavy (non-hydrogen) atoms. The Kier molecular flexibility index (Phi) is 5.87. The van der Waals surface area contributed by atoms with Crippen LogP contribution in [0.5, 0.6) is 0 Å². The molecular formula is C10H14BrClN2O. The minimum atomic E-state index is -0.175. The number of nitrogens with two attached hydrogens (primary N) is 1. The summed E-state index contributed by atoms with van der Waals surface area (Å²) in [4.78, 5) is 11.0. The van der Waals surface area contributed by atoms with Crippen LogP contribution in [0, 0.1) is 13.8 Å². The molecule has 1 aromatic carbocycles. The Morgan fingerprint density at radius 3 is 2.27 bits per heavy atom. The van der Waals surface area contributed by atoms with E-state index in [1.54, 1.807) is 0 Å². The molecule has 0 aromatic heterocycles. The number of amides is 1. The van der Waals surface area contributed by atoms with E-state index in [9.17, 15) is 4.79 Å². The number of anilines is 1. The molecule has 1 aromatic rings. The zero-order valence-corrected chi connectivity index (χ0v) is 11.0. The first-order valence-electron chi connectivity index (χ1n) is 4.31. The zero-order valence-electron chi connectivity index (χ0n) is 8.63. The minimum Gasteiger partial charge on any atom is -0.325 e. The number of carbonyl (C=O) groups is 1. The van der Waals surface area contributed by atoms with Crippen molar-refractivity contribution in [3.05, 3.63) is 27.7 Å². The van der Waals surface area contributed by atoms with E-state index in [1.807, 2.05) is 26.0 Å². The molecule has 0 saturated heterocycles. The lowest BCUT2D eigenvalue weighted by Crippen LogP contribution is -2.21. The highest BCUT2D eigenvalue weighted by Gasteiger charge is 2.04. The Balaban J connectivity index is 0.00000196. The lowest BCUT2D eigenvalue weighted by Gasteiger charge is -2.08. The van der Waals surface area contributed by atoms with Crippen LogP contribution in [0.4, 0.5) is 5.69 Å². The van der Waals surface area contributed by atoms with Crippen LogP contribution in [-0.4, -0.2) is 12.5 Å². The van der Waals surface area contributed by atoms with Gasteiger partial charge in [-0.2, -0.15) is 0 Å². The number of nitrogens with one attached hydrogen (secondary N) is 1. The Labute approximate surface area is 104 Å². The van der Waals surface area contributed by atoms with Gasteiger partial charge in [-0.15, -0.1) is 12.4 Å². The van der Waals surface area contributed by atoms with Gasteiger partial charge in [0.05, 0.1) is 6.54 Å². The molecule has 84 valence electrons. The lowest BCUT2D eigenvalue weighted by atomic mass is 10.1. The van der Waals surface area contributed by atoms with Crippen LogP contribution in [0.25, 0.3) is 0 Å². The first-order chi connectivity index (χ1) is 6.54. The molecule has 0 saturated carbocycles. The van der Waals surface area contributed by atoms with Gasteiger partial charge in [0.1, 0.15) is 0 Å². The molecule has 0 atom stereocenters. The fraction of sp³-hybridized carbons (Fsp3) is 0.300. The van der Waals surface area contributed by atoms with Gasteiger partial charge in [-0.05, 0) is 37.1 Å². The van der Waals surface area contributed by atoms with Crippen molar-refractivity contribution in [1.29, 1.82) is 0 Å². The third-order valence-corrected chi connectivity index (χ3v) is 3.16. The Hall–Kier alpha value is -0.580. The fourth-order valence-electron chi connectivity index (χ4n) is 1.23. The van der Waals surface area contributed by atoms with Gasteiger partial charge in [0.25, 0.3) is 0 Å². The van der Waals surface area contributed by atoms with Crippen LogP contribution in [0.2, 0.25) is 0 Å². The molecule has 0 aliphatic rings. The van der Waals surface area contributed by atoms with Crippen molar-refractivity contribution in [2.75, 3.05) is 11.9 Å². The predicted molar refractivity (Wildman–Crippen MR) is 68.5 cm³/mol. The molecule has 1 amide bonds. The molecular weight excluding hydrogens is 279 g/mol. The molecule has 0 unspecified atom stereocenters. The Morgan fingerprint density at radius 2 is 1.87 bits per heavy atom. The second-order valence-electron chi connectivity index (χ2n) is 3.18. The standard InChI is InChI=1S/C10H13BrN2O.ClH/c1-6-3-8(13-9(14)5-12)4-7(2)10(6)11;/h3-4H,5,12H2,1-2H3,(H,13,14);1H. The van der Waals surface area contributed by atoms with Gasteiger partial charge in [0, 0.05) is 10.2 Å². The molecule has 0 heterocycles. The highest BCUT2D eigenvalue weighted by molar-refractivity contribution is 9.10. The molecule has 0 radical (unpaired) electrons. The van der Waals surface area contributed by atoms with Crippen molar-refractivity contribution >= 4 is 39.9 Å². The number of hydrogen-bond donors (Lipinski definition) is 2. The lowest BCUT2D eigenvalue weighted by molar-refractivity contribution is -0.114. The molecule has 0 aliphatic carbocycles. The van der Waals surface area contributed by atoms with Crippen LogP contribution in [0.15, 0.2) is 16.6 Å². The molecule has 3 nitrogen and oxygen atoms in total. The molecule has 0 spiro atoms.